The first-order valence-electron chi connectivity index (χ1n) is 9.21. The molecule has 7 nitrogen and oxygen atoms in total. The summed E-state index contributed by atoms with van der Waals surface area (Å²) in [5.74, 6) is -1.55. The lowest BCUT2D eigenvalue weighted by Gasteiger charge is -2.12. The van der Waals surface area contributed by atoms with Crippen molar-refractivity contribution < 1.29 is 23.9 Å². The Bertz CT molecular complexity index is 655. The Labute approximate surface area is 159 Å². The first-order valence-corrected chi connectivity index (χ1v) is 9.21. The highest BCUT2D eigenvalue weighted by Crippen LogP contribution is 2.12. The molecule has 0 unspecified atom stereocenters. The van der Waals surface area contributed by atoms with Gasteiger partial charge in [0, 0.05) is 19.0 Å². The maximum absolute atomic E-state index is 12.2. The summed E-state index contributed by atoms with van der Waals surface area (Å²) >= 11 is 0. The van der Waals surface area contributed by atoms with Crippen LogP contribution in [0.15, 0.2) is 24.3 Å². The smallest absolute Gasteiger partial charge is 0.321 e. The molecule has 7 heteroatoms. The van der Waals surface area contributed by atoms with Crippen LogP contribution in [0.1, 0.15) is 61.9 Å². The molecule has 2 N–H and O–H groups in total. The van der Waals surface area contributed by atoms with E-state index in [1.807, 2.05) is 17.4 Å². The maximum atomic E-state index is 12.2. The number of carbonyl (C=O) groups excluding carboxylic acids is 4. The van der Waals surface area contributed by atoms with E-state index in [0.717, 1.165) is 12.8 Å². The predicted molar refractivity (Wildman–Crippen MR) is 101 cm³/mol. The van der Waals surface area contributed by atoms with Crippen molar-refractivity contribution >= 4 is 23.7 Å². The molecular formula is C20H28N2O5. The van der Waals surface area contributed by atoms with Gasteiger partial charge in [0.25, 0.3) is 5.91 Å². The third-order valence-corrected chi connectivity index (χ3v) is 4.04. The number of carbonyl (C=O) groups is 4. The Balaban J connectivity index is 2.41. The summed E-state index contributed by atoms with van der Waals surface area (Å²) in [6.45, 7) is 3.51. The second-order valence-electron chi connectivity index (χ2n) is 6.28. The molecule has 148 valence electrons. The molecule has 1 aromatic carbocycles. The van der Waals surface area contributed by atoms with E-state index in [4.69, 9.17) is 4.74 Å². The average Bonchev–Trinajstić information content (AvgIpc) is 2.66. The highest BCUT2D eigenvalue weighted by atomic mass is 16.5. The highest BCUT2D eigenvalue weighted by molar-refractivity contribution is 5.98. The lowest BCUT2D eigenvalue weighted by Crippen LogP contribution is -2.43. The van der Waals surface area contributed by atoms with Gasteiger partial charge >= 0.3 is 12.0 Å². The van der Waals surface area contributed by atoms with Gasteiger partial charge in [-0.3, -0.25) is 19.7 Å². The summed E-state index contributed by atoms with van der Waals surface area (Å²) in [6.07, 6.45) is 3.21. The standard InChI is InChI=1S/C20H28N2O5/c1-4-5-6-7-15-8-10-16(11-9-15)17(23)12-13-18(24)27-14(2)19(25)22-20(26)21-3/h8-11,14H,4-7,12-13H2,1-3H3,(H2,21,22,25,26)/t14-/m0/s1. The van der Waals surface area contributed by atoms with Crippen LogP contribution < -0.4 is 10.6 Å². The Morgan fingerprint density at radius 2 is 1.70 bits per heavy atom. The van der Waals surface area contributed by atoms with Gasteiger partial charge in [0.05, 0.1) is 6.42 Å². The number of ether oxygens (including phenoxy) is 1. The Hall–Kier alpha value is -2.70. The largest absolute Gasteiger partial charge is 0.453 e. The van der Waals surface area contributed by atoms with Crippen molar-refractivity contribution in [1.82, 2.24) is 10.6 Å². The predicted octanol–water partition coefficient (Wildman–Crippen LogP) is 2.77. The van der Waals surface area contributed by atoms with Crippen LogP contribution >= 0.6 is 0 Å². The molecule has 1 aromatic rings. The van der Waals surface area contributed by atoms with Gasteiger partial charge in [-0.25, -0.2) is 4.79 Å². The van der Waals surface area contributed by atoms with E-state index in [0.29, 0.717) is 5.56 Å². The molecular weight excluding hydrogens is 348 g/mol. The third-order valence-electron chi connectivity index (χ3n) is 4.04. The third kappa shape index (κ3) is 8.48. The minimum Gasteiger partial charge on any atom is -0.453 e. The number of hydrogen-bond acceptors (Lipinski definition) is 5. The molecule has 0 spiro atoms. The van der Waals surface area contributed by atoms with Crippen molar-refractivity contribution in [3.63, 3.8) is 0 Å². The van der Waals surface area contributed by atoms with E-state index in [2.05, 4.69) is 12.2 Å². The van der Waals surface area contributed by atoms with Crippen molar-refractivity contribution in [3.05, 3.63) is 35.4 Å². The monoisotopic (exact) mass is 376 g/mol. The van der Waals surface area contributed by atoms with Gasteiger partial charge < -0.3 is 10.1 Å². The van der Waals surface area contributed by atoms with Gasteiger partial charge in [-0.2, -0.15) is 0 Å². The van der Waals surface area contributed by atoms with E-state index in [1.165, 1.54) is 32.4 Å². The highest BCUT2D eigenvalue weighted by Gasteiger charge is 2.20. The van der Waals surface area contributed by atoms with Gasteiger partial charge in [-0.1, -0.05) is 44.0 Å². The molecule has 0 aliphatic rings. The van der Waals surface area contributed by atoms with Crippen LogP contribution in [-0.2, 0) is 20.7 Å². The van der Waals surface area contributed by atoms with Crippen LogP contribution in [-0.4, -0.2) is 36.8 Å². The summed E-state index contributed by atoms with van der Waals surface area (Å²) in [7, 11) is 1.36. The minimum absolute atomic E-state index is 0.00218. The van der Waals surface area contributed by atoms with Crippen LogP contribution in [0, 0.1) is 0 Å². The average molecular weight is 376 g/mol. The van der Waals surface area contributed by atoms with Gasteiger partial charge in [-0.15, -0.1) is 0 Å². The number of amides is 3. The molecule has 0 aromatic heterocycles. The molecule has 1 atom stereocenters. The molecule has 0 radical (unpaired) electrons. The SMILES string of the molecule is CCCCCc1ccc(C(=O)CCC(=O)O[C@@H](C)C(=O)NC(=O)NC)cc1. The van der Waals surface area contributed by atoms with Crippen LogP contribution in [0.3, 0.4) is 0 Å². The Kier molecular flexibility index (Phi) is 9.79. The van der Waals surface area contributed by atoms with Gasteiger partial charge in [0.2, 0.25) is 0 Å². The summed E-state index contributed by atoms with van der Waals surface area (Å²) in [4.78, 5) is 46.7. The zero-order valence-corrected chi connectivity index (χ0v) is 16.2. The number of aryl methyl sites for hydroxylation is 1. The molecule has 3 amide bonds. The number of benzene rings is 1. The number of imide groups is 1. The van der Waals surface area contributed by atoms with Crippen molar-refractivity contribution in [3.8, 4) is 0 Å². The normalized spacial score (nSPS) is 11.4. The summed E-state index contributed by atoms with van der Waals surface area (Å²) in [5.41, 5.74) is 1.74. The number of urea groups is 1. The molecule has 0 aliphatic carbocycles. The Morgan fingerprint density at radius 3 is 2.30 bits per heavy atom. The van der Waals surface area contributed by atoms with Crippen LogP contribution in [0.4, 0.5) is 4.79 Å². The number of unbranched alkanes of at least 4 members (excludes halogenated alkanes) is 2. The fourth-order valence-corrected chi connectivity index (χ4v) is 2.38. The van der Waals surface area contributed by atoms with E-state index in [-0.39, 0.29) is 18.6 Å². The molecule has 0 fully saturated rings. The molecule has 27 heavy (non-hydrogen) atoms. The molecule has 0 aliphatic heterocycles. The Morgan fingerprint density at radius 1 is 1.04 bits per heavy atom. The summed E-state index contributed by atoms with van der Waals surface area (Å²) in [6, 6.07) is 6.73. The molecule has 0 heterocycles. The zero-order valence-electron chi connectivity index (χ0n) is 16.2. The van der Waals surface area contributed by atoms with Gasteiger partial charge in [-0.05, 0) is 25.3 Å². The quantitative estimate of drug-likeness (QED) is 0.371. The topological polar surface area (TPSA) is 102 Å². The molecule has 1 rings (SSSR count). The van der Waals surface area contributed by atoms with Crippen LogP contribution in [0.25, 0.3) is 0 Å². The molecule has 0 saturated carbocycles. The number of ketones is 1. The number of rotatable bonds is 10. The summed E-state index contributed by atoms with van der Waals surface area (Å²) in [5, 5.41) is 4.24. The summed E-state index contributed by atoms with van der Waals surface area (Å²) < 4.78 is 4.93. The minimum atomic E-state index is -1.12. The van der Waals surface area contributed by atoms with Crippen LogP contribution in [0.2, 0.25) is 0 Å². The van der Waals surface area contributed by atoms with Crippen molar-refractivity contribution in [2.75, 3.05) is 7.05 Å². The van der Waals surface area contributed by atoms with Gasteiger partial charge in [0.15, 0.2) is 11.9 Å². The molecule has 0 saturated heterocycles. The maximum Gasteiger partial charge on any atom is 0.321 e. The second kappa shape index (κ2) is 11.8. The number of hydrogen-bond donors (Lipinski definition) is 2. The van der Waals surface area contributed by atoms with Crippen molar-refractivity contribution in [1.29, 1.82) is 0 Å². The molecule has 0 bridgehead atoms. The van der Waals surface area contributed by atoms with E-state index < -0.39 is 24.0 Å². The number of esters is 1. The zero-order chi connectivity index (χ0) is 20.2. The fourth-order valence-electron chi connectivity index (χ4n) is 2.38. The number of nitrogens with one attached hydrogen (secondary N) is 2. The second-order valence-corrected chi connectivity index (χ2v) is 6.28. The first-order chi connectivity index (χ1) is 12.9. The van der Waals surface area contributed by atoms with Crippen molar-refractivity contribution in [2.45, 2.75) is 58.5 Å². The van der Waals surface area contributed by atoms with E-state index in [1.54, 1.807) is 12.1 Å². The lowest BCUT2D eigenvalue weighted by atomic mass is 10.0. The number of Topliss-reactive ketones (excluding diaryl/α,β-unsaturated/α-hetero) is 1. The van der Waals surface area contributed by atoms with Gasteiger partial charge in [0.1, 0.15) is 0 Å². The first kappa shape index (κ1) is 22.3. The van der Waals surface area contributed by atoms with Crippen LogP contribution in [0.5, 0.6) is 0 Å². The van der Waals surface area contributed by atoms with Crippen molar-refractivity contribution in [2.24, 2.45) is 0 Å². The lowest BCUT2D eigenvalue weighted by molar-refractivity contribution is -0.154. The van der Waals surface area contributed by atoms with E-state index >= 15 is 0 Å². The van der Waals surface area contributed by atoms with E-state index in [9.17, 15) is 19.2 Å². The fraction of sp³-hybridized carbons (Fsp3) is 0.500.